The molecule has 5 heterocycles. The maximum Gasteiger partial charge on any atom is 0.345 e. The molecular formula is C62H76ClFN6O12S. The third-order valence-electron chi connectivity index (χ3n) is 14.7. The number of carboxylic acid groups (broad SMARTS) is 1. The number of halogens is 2. The molecule has 1 saturated heterocycles. The van der Waals surface area contributed by atoms with Crippen LogP contribution in [0.3, 0.4) is 0 Å². The van der Waals surface area contributed by atoms with E-state index in [0.717, 1.165) is 61.5 Å². The number of hydrogen-bond donors (Lipinski definition) is 1. The van der Waals surface area contributed by atoms with E-state index < -0.39 is 24.0 Å². The Morgan fingerprint density at radius 1 is 0.928 bits per heavy atom. The summed E-state index contributed by atoms with van der Waals surface area (Å²) in [6.07, 6.45) is 12.2. The van der Waals surface area contributed by atoms with Gasteiger partial charge in [-0.1, -0.05) is 43.7 Å². The molecule has 0 amide bonds. The van der Waals surface area contributed by atoms with Gasteiger partial charge in [0.05, 0.1) is 88.8 Å². The van der Waals surface area contributed by atoms with Gasteiger partial charge in [-0.05, 0) is 110 Å². The van der Waals surface area contributed by atoms with Crippen molar-refractivity contribution in [2.45, 2.75) is 71.7 Å². The molecule has 0 unspecified atom stereocenters. The first-order valence-electron chi connectivity index (χ1n) is 28.2. The van der Waals surface area contributed by atoms with Gasteiger partial charge in [-0.3, -0.25) is 4.90 Å². The number of fused-ring (bicyclic) bond motifs is 2. The molecule has 3 aromatic heterocycles. The molecule has 1 N–H and O–H groups in total. The minimum absolute atomic E-state index is 0.0388. The van der Waals surface area contributed by atoms with Gasteiger partial charge in [0.15, 0.2) is 11.6 Å². The Hall–Kier alpha value is -6.09. The first kappa shape index (κ1) is 62.9. The van der Waals surface area contributed by atoms with Gasteiger partial charge in [0, 0.05) is 68.5 Å². The zero-order valence-corrected chi connectivity index (χ0v) is 49.7. The van der Waals surface area contributed by atoms with Crippen LogP contribution in [-0.2, 0) is 51.0 Å². The van der Waals surface area contributed by atoms with Crippen LogP contribution in [0.15, 0.2) is 83.5 Å². The van der Waals surface area contributed by atoms with Crippen LogP contribution < -0.4 is 14.2 Å². The van der Waals surface area contributed by atoms with Crippen molar-refractivity contribution in [3.63, 3.8) is 0 Å². The first-order chi connectivity index (χ1) is 40.3. The van der Waals surface area contributed by atoms with Crippen molar-refractivity contribution in [2.24, 2.45) is 5.41 Å². The molecule has 21 heteroatoms. The van der Waals surface area contributed by atoms with E-state index in [4.69, 9.17) is 70.4 Å². The van der Waals surface area contributed by atoms with Gasteiger partial charge in [-0.25, -0.2) is 29.1 Å². The monoisotopic (exact) mass is 1180 g/mol. The maximum atomic E-state index is 14.4. The van der Waals surface area contributed by atoms with Crippen LogP contribution in [0.5, 0.6) is 17.4 Å². The number of thiophene rings is 1. The lowest BCUT2D eigenvalue weighted by molar-refractivity contribution is -0.145. The van der Waals surface area contributed by atoms with Gasteiger partial charge >= 0.3 is 5.97 Å². The van der Waals surface area contributed by atoms with Crippen LogP contribution in [0.25, 0.3) is 31.8 Å². The van der Waals surface area contributed by atoms with Crippen molar-refractivity contribution in [3.05, 3.63) is 112 Å². The zero-order valence-electron chi connectivity index (χ0n) is 48.1. The lowest BCUT2D eigenvalue weighted by Crippen LogP contribution is -2.48. The minimum Gasteiger partial charge on any atom is -0.490 e. The Morgan fingerprint density at radius 2 is 1.63 bits per heavy atom. The number of aromatic nitrogens is 4. The van der Waals surface area contributed by atoms with E-state index in [9.17, 15) is 14.3 Å². The highest BCUT2D eigenvalue weighted by Crippen LogP contribution is 2.48. The number of ether oxygens (including phenoxy) is 10. The molecule has 2 bridgehead atoms. The summed E-state index contributed by atoms with van der Waals surface area (Å²) in [7, 11) is 3.74. The van der Waals surface area contributed by atoms with Gasteiger partial charge in [-0.2, -0.15) is 0 Å². The van der Waals surface area contributed by atoms with Crippen LogP contribution in [0.4, 0.5) is 4.39 Å². The van der Waals surface area contributed by atoms with Crippen molar-refractivity contribution in [3.8, 4) is 40.2 Å². The molecule has 2 aromatic carbocycles. The fraction of sp³-hybridized carbons (Fsp3) is 0.500. The molecule has 0 radical (unpaired) electrons. The van der Waals surface area contributed by atoms with Crippen molar-refractivity contribution in [2.75, 3.05) is 126 Å². The van der Waals surface area contributed by atoms with E-state index in [2.05, 4.69) is 50.7 Å². The third kappa shape index (κ3) is 18.0. The molecular weight excluding hydrogens is 1110 g/mol. The van der Waals surface area contributed by atoms with Crippen LogP contribution in [0.2, 0.25) is 0 Å². The predicted octanol–water partition coefficient (Wildman–Crippen LogP) is 9.54. The van der Waals surface area contributed by atoms with E-state index in [1.165, 1.54) is 29.8 Å². The number of aliphatic carboxylic acids is 1. The summed E-state index contributed by atoms with van der Waals surface area (Å²) < 4.78 is 73.9. The van der Waals surface area contributed by atoms with Crippen molar-refractivity contribution in [1.29, 1.82) is 0 Å². The molecule has 2 aliphatic heterocycles. The second-order valence-corrected chi connectivity index (χ2v) is 22.3. The van der Waals surface area contributed by atoms with E-state index in [0.29, 0.717) is 141 Å². The van der Waals surface area contributed by atoms with Gasteiger partial charge < -0.3 is 57.4 Å². The lowest BCUT2D eigenvalue weighted by Gasteiger charge is -2.34. The summed E-state index contributed by atoms with van der Waals surface area (Å²) >= 11 is 8.67. The number of rotatable bonds is 26. The number of likely N-dealkylation sites (N-methyl/N-ethyl adjacent to an activating group) is 1. The van der Waals surface area contributed by atoms with Crippen LogP contribution in [0, 0.1) is 23.6 Å². The topological polar surface area (TPSA) is 188 Å². The summed E-state index contributed by atoms with van der Waals surface area (Å²) in [5.41, 5.74) is 4.85. The van der Waals surface area contributed by atoms with Crippen LogP contribution >= 0.6 is 22.9 Å². The molecule has 446 valence electrons. The molecule has 83 heavy (non-hydrogen) atoms. The SMILES string of the molecule is C#C/C1=C(Cl)\C(C)=C(/CC)c2c(-c3ccc(F)cc3)sc3ncnc(c23)O[C@@H](C(=O)O)Cc2cc(ccc2OCc2ccnc(C3=CC[C@@](C)(COCCOCCOCCOCCOCCOC)CC3)n2)OC[C@@H](CN2CCN(C)CC2)O1. The van der Waals surface area contributed by atoms with E-state index in [-0.39, 0.29) is 41.7 Å². The Bertz CT molecular complexity index is 3070. The largest absolute Gasteiger partial charge is 0.490 e. The Balaban J connectivity index is 0.983. The fourth-order valence-corrected chi connectivity index (χ4v) is 11.3. The standard InChI is InChI=1S/C62H76ClFN6O12S/c1-7-50-42(3)56(63)51(8-2)81-49(37-70-23-21-69(5)22-24-70)39-79-48-13-14-52(45(35-48)36-53(61(71)72)82-59-55-54(50)57(83-60(55)67-41-66-59)43-9-11-46(64)12-10-43)80-38-47-17-20-65-58(68-47)44-15-18-62(4,19-16-44)40-78-34-33-77-32-31-76-30-29-75-28-27-74-26-25-73-6/h2,9-15,17,20,35,41,49,53H,7,16,18-19,21-34,36-40H2,1,3-6H3,(H,71,72)/b50-42+,56-51-/t49-,53-,62-/m1/s1. The number of hydrogen-bond acceptors (Lipinski definition) is 18. The molecule has 0 spiro atoms. The van der Waals surface area contributed by atoms with E-state index in [1.807, 2.05) is 13.8 Å². The molecule has 18 nitrogen and oxygen atoms in total. The van der Waals surface area contributed by atoms with Gasteiger partial charge in [0.25, 0.3) is 0 Å². The number of piperazine rings is 1. The number of allylic oxidation sites excluding steroid dienone is 6. The summed E-state index contributed by atoms with van der Waals surface area (Å²) in [4.78, 5) is 38.1. The first-order valence-corrected chi connectivity index (χ1v) is 29.4. The molecule has 0 saturated carbocycles. The van der Waals surface area contributed by atoms with Gasteiger partial charge in [0.1, 0.15) is 47.8 Å². The average Bonchev–Trinajstić information content (AvgIpc) is 2.37. The molecule has 1 aliphatic carbocycles. The van der Waals surface area contributed by atoms with E-state index in [1.54, 1.807) is 49.7 Å². The summed E-state index contributed by atoms with van der Waals surface area (Å²) in [6, 6.07) is 13.2. The number of carbonyl (C=O) groups is 1. The highest BCUT2D eigenvalue weighted by atomic mass is 35.5. The number of nitrogens with zero attached hydrogens (tertiary/aromatic N) is 6. The van der Waals surface area contributed by atoms with Crippen molar-refractivity contribution in [1.82, 2.24) is 29.7 Å². The molecule has 3 atom stereocenters. The number of carboxylic acids is 1. The van der Waals surface area contributed by atoms with Gasteiger partial charge in [-0.15, -0.1) is 17.8 Å². The fourth-order valence-electron chi connectivity index (χ4n) is 9.90. The molecule has 1 fully saturated rings. The zero-order chi connectivity index (χ0) is 58.6. The summed E-state index contributed by atoms with van der Waals surface area (Å²) in [5.74, 6) is 2.73. The molecule has 8 rings (SSSR count). The molecule has 3 aliphatic rings. The van der Waals surface area contributed by atoms with Crippen molar-refractivity contribution < 1.29 is 61.7 Å². The van der Waals surface area contributed by atoms with Crippen molar-refractivity contribution >= 4 is 50.3 Å². The summed E-state index contributed by atoms with van der Waals surface area (Å²) in [5, 5.41) is 11.7. The smallest absolute Gasteiger partial charge is 0.345 e. The highest BCUT2D eigenvalue weighted by molar-refractivity contribution is 7.22. The Kier molecular flexibility index (Phi) is 24.0. The lowest BCUT2D eigenvalue weighted by atomic mass is 9.77. The van der Waals surface area contributed by atoms with Crippen LogP contribution in [-0.4, -0.2) is 179 Å². The molecule has 5 aromatic rings. The second kappa shape index (κ2) is 31.7. The third-order valence-corrected chi connectivity index (χ3v) is 16.3. The second-order valence-electron chi connectivity index (χ2n) is 20.9. The van der Waals surface area contributed by atoms with E-state index >= 15 is 0 Å². The van der Waals surface area contributed by atoms with Gasteiger partial charge in [0.2, 0.25) is 12.0 Å². The minimum atomic E-state index is -1.47. The summed E-state index contributed by atoms with van der Waals surface area (Å²) in [6.45, 7) is 15.8. The Morgan fingerprint density at radius 3 is 2.28 bits per heavy atom. The van der Waals surface area contributed by atoms with Crippen LogP contribution in [0.1, 0.15) is 69.1 Å². The highest BCUT2D eigenvalue weighted by Gasteiger charge is 2.32. The average molecular weight is 1180 g/mol. The normalized spacial score (nSPS) is 21.1. The number of benzene rings is 2. The maximum absolute atomic E-state index is 14.4. The number of methoxy groups -OCH3 is 1. The predicted molar refractivity (Wildman–Crippen MR) is 316 cm³/mol. The number of terminal acetylenes is 1. The quantitative estimate of drug-likeness (QED) is 0.0407. The Labute approximate surface area is 494 Å².